The summed E-state index contributed by atoms with van der Waals surface area (Å²) in [5.74, 6) is 0. The van der Waals surface area contributed by atoms with Crippen molar-refractivity contribution in [2.75, 3.05) is 0 Å². The number of hydrogen-bond donors (Lipinski definition) is 0. The summed E-state index contributed by atoms with van der Waals surface area (Å²) in [5.41, 5.74) is 2.92. The molecule has 19 heavy (non-hydrogen) atoms. The van der Waals surface area contributed by atoms with E-state index in [0.717, 1.165) is 12.8 Å². The van der Waals surface area contributed by atoms with Crippen LogP contribution < -0.4 is 0 Å². The summed E-state index contributed by atoms with van der Waals surface area (Å²) in [5, 5.41) is 2.85. The second-order valence-corrected chi connectivity index (χ2v) is 12.5. The summed E-state index contributed by atoms with van der Waals surface area (Å²) in [6, 6.07) is 11.2. The fourth-order valence-corrected chi connectivity index (χ4v) is 1.87. The van der Waals surface area contributed by atoms with E-state index in [9.17, 15) is 0 Å². The largest absolute Gasteiger partial charge is 0.165 e. The number of fused-ring (bicyclic) bond motifs is 1. The molecule has 0 spiro atoms. The Morgan fingerprint density at radius 3 is 2.05 bits per heavy atom. The summed E-state index contributed by atoms with van der Waals surface area (Å²) in [6.07, 6.45) is 2.27. The minimum Gasteiger partial charge on any atom is -0.165 e. The quantitative estimate of drug-likeness (QED) is 0.486. The van der Waals surface area contributed by atoms with Crippen LogP contribution in [0.4, 0.5) is 0 Å². The van der Waals surface area contributed by atoms with E-state index in [4.69, 9.17) is 0 Å². The summed E-state index contributed by atoms with van der Waals surface area (Å²) < 4.78 is 0. The molecule has 0 saturated heterocycles. The third-order valence-electron chi connectivity index (χ3n) is 2.69. The second kappa shape index (κ2) is 8.27. The molecule has 2 aromatic carbocycles. The fraction of sp³-hybridized carbons (Fsp3) is 0.471. The van der Waals surface area contributed by atoms with Crippen LogP contribution in [0.3, 0.4) is 0 Å². The van der Waals surface area contributed by atoms with Crippen LogP contribution in [0.5, 0.6) is 0 Å². The first-order valence-corrected chi connectivity index (χ1v) is 11.0. The molecule has 0 aromatic heterocycles. The van der Waals surface area contributed by atoms with Crippen molar-refractivity contribution in [2.45, 2.75) is 52.9 Å². The van der Waals surface area contributed by atoms with Crippen LogP contribution in [0.15, 0.2) is 30.3 Å². The van der Waals surface area contributed by atoms with Crippen molar-refractivity contribution in [3.63, 3.8) is 0 Å². The molecule has 0 fully saturated rings. The first-order valence-electron chi connectivity index (χ1n) is 7.02. The molecule has 0 atom stereocenters. The van der Waals surface area contributed by atoms with Gasteiger partial charge < -0.3 is 0 Å². The van der Waals surface area contributed by atoms with Gasteiger partial charge in [-0.15, -0.1) is 34.5 Å². The van der Waals surface area contributed by atoms with Crippen molar-refractivity contribution in [1.82, 2.24) is 0 Å². The Hall–Kier alpha value is -0.0700. The van der Waals surface area contributed by atoms with Gasteiger partial charge in [0.1, 0.15) is 0 Å². The van der Waals surface area contributed by atoms with Gasteiger partial charge in [-0.25, -0.2) is 0 Å². The number of hydrogen-bond acceptors (Lipinski definition) is 0. The summed E-state index contributed by atoms with van der Waals surface area (Å²) >= 11 is 0. The average Bonchev–Trinajstić information content (AvgIpc) is 2.69. The average molecular weight is 351 g/mol. The molecule has 0 aliphatic rings. The SMILES string of the molecule is CCc1cc2c(CC)cccc2[cH-]1.C[Si](C)(C)C.[Zr]. The smallest absolute Gasteiger partial charge is 0.0411 e. The van der Waals surface area contributed by atoms with Crippen LogP contribution in [0.25, 0.3) is 10.8 Å². The van der Waals surface area contributed by atoms with E-state index in [-0.39, 0.29) is 26.2 Å². The van der Waals surface area contributed by atoms with Crippen molar-refractivity contribution in [3.05, 3.63) is 41.5 Å². The van der Waals surface area contributed by atoms with Crippen molar-refractivity contribution in [3.8, 4) is 0 Å². The van der Waals surface area contributed by atoms with E-state index in [2.05, 4.69) is 70.4 Å². The minimum atomic E-state index is -0.611. The molecule has 2 rings (SSSR count). The van der Waals surface area contributed by atoms with Gasteiger partial charge in [-0.2, -0.15) is 6.07 Å². The van der Waals surface area contributed by atoms with Gasteiger partial charge in [0.15, 0.2) is 0 Å². The van der Waals surface area contributed by atoms with Gasteiger partial charge in [0.25, 0.3) is 0 Å². The topological polar surface area (TPSA) is 0 Å². The van der Waals surface area contributed by atoms with Gasteiger partial charge in [-0.1, -0.05) is 51.7 Å². The maximum Gasteiger partial charge on any atom is 0.0411 e. The van der Waals surface area contributed by atoms with Gasteiger partial charge in [-0.05, 0) is 12.8 Å². The molecule has 0 radical (unpaired) electrons. The molecule has 0 aliphatic carbocycles. The van der Waals surface area contributed by atoms with E-state index >= 15 is 0 Å². The van der Waals surface area contributed by atoms with Crippen LogP contribution in [0.1, 0.15) is 25.0 Å². The van der Waals surface area contributed by atoms with Gasteiger partial charge >= 0.3 is 0 Å². The van der Waals surface area contributed by atoms with E-state index in [1.807, 2.05) is 0 Å². The molecule has 0 saturated carbocycles. The van der Waals surface area contributed by atoms with Crippen molar-refractivity contribution >= 4 is 18.8 Å². The van der Waals surface area contributed by atoms with Crippen LogP contribution >= 0.6 is 0 Å². The second-order valence-electron chi connectivity index (χ2n) is 6.49. The van der Waals surface area contributed by atoms with Crippen molar-refractivity contribution in [1.29, 1.82) is 0 Å². The molecular formula is C17H27SiZr-. The molecule has 0 aliphatic heterocycles. The van der Waals surface area contributed by atoms with Crippen molar-refractivity contribution < 1.29 is 26.2 Å². The Morgan fingerprint density at radius 2 is 1.58 bits per heavy atom. The zero-order valence-corrected chi connectivity index (χ0v) is 16.8. The van der Waals surface area contributed by atoms with Crippen LogP contribution in [0.2, 0.25) is 26.2 Å². The number of benzene rings is 1. The van der Waals surface area contributed by atoms with Crippen LogP contribution in [-0.4, -0.2) is 8.07 Å². The summed E-state index contributed by atoms with van der Waals surface area (Å²) in [6.45, 7) is 13.7. The fourth-order valence-electron chi connectivity index (χ4n) is 1.87. The van der Waals surface area contributed by atoms with Crippen LogP contribution in [0, 0.1) is 0 Å². The van der Waals surface area contributed by atoms with E-state index in [1.54, 1.807) is 0 Å². The molecule has 104 valence electrons. The maximum absolute atomic E-state index is 2.33. The Balaban J connectivity index is 0.000000471. The first-order chi connectivity index (χ1) is 8.35. The Bertz CT molecular complexity index is 485. The molecule has 0 nitrogen and oxygen atoms in total. The van der Waals surface area contributed by atoms with E-state index in [1.165, 1.54) is 21.9 Å². The molecule has 0 amide bonds. The van der Waals surface area contributed by atoms with E-state index in [0.29, 0.717) is 0 Å². The Kier molecular flexibility index (Phi) is 8.24. The molecular weight excluding hydrogens is 323 g/mol. The molecule has 0 unspecified atom stereocenters. The Labute approximate surface area is 139 Å². The molecule has 0 bridgehead atoms. The maximum atomic E-state index is 2.33. The summed E-state index contributed by atoms with van der Waals surface area (Å²) in [7, 11) is -0.611. The van der Waals surface area contributed by atoms with Gasteiger partial charge in [0.2, 0.25) is 0 Å². The van der Waals surface area contributed by atoms with Gasteiger partial charge in [0.05, 0.1) is 0 Å². The van der Waals surface area contributed by atoms with Gasteiger partial charge in [-0.3, -0.25) is 0 Å². The third kappa shape index (κ3) is 6.77. The minimum absolute atomic E-state index is 0. The van der Waals surface area contributed by atoms with E-state index < -0.39 is 8.07 Å². The zero-order valence-electron chi connectivity index (χ0n) is 13.3. The molecule has 0 heterocycles. The predicted octanol–water partition coefficient (Wildman–Crippen LogP) is 5.64. The third-order valence-corrected chi connectivity index (χ3v) is 2.69. The molecule has 2 heteroatoms. The predicted molar refractivity (Wildman–Crippen MR) is 87.5 cm³/mol. The normalized spacial score (nSPS) is 10.6. The standard InChI is InChI=1S/C13H15.C4H12Si.Zr/c1-3-10-8-12-7-5-6-11(4-2)13(12)9-10;1-5(2,3)4;/h5-9H,3-4H2,1-2H3;1-4H3;/q-1;;. The molecule has 2 aromatic rings. The van der Waals surface area contributed by atoms with Gasteiger partial charge in [0, 0.05) is 34.3 Å². The number of aryl methyl sites for hydroxylation is 2. The first kappa shape index (κ1) is 18.9. The summed E-state index contributed by atoms with van der Waals surface area (Å²) in [4.78, 5) is 0. The Morgan fingerprint density at radius 1 is 1.00 bits per heavy atom. The number of rotatable bonds is 2. The monoisotopic (exact) mass is 349 g/mol. The van der Waals surface area contributed by atoms with Crippen molar-refractivity contribution in [2.24, 2.45) is 0 Å². The zero-order chi connectivity index (χ0) is 13.8. The molecule has 0 N–H and O–H groups in total. The van der Waals surface area contributed by atoms with Crippen LogP contribution in [-0.2, 0) is 39.0 Å².